The summed E-state index contributed by atoms with van der Waals surface area (Å²) >= 11 is 5.92. The summed E-state index contributed by atoms with van der Waals surface area (Å²) in [5, 5.41) is 4.58. The second-order valence-corrected chi connectivity index (χ2v) is 6.21. The number of rotatable bonds is 6. The standard InChI is InChI=1S/C17H16ClN5O4/c1-21-15(24)6-7-22(17(21)26)9-16(25)27-14(8-23-11-19-10-20-23)12-2-4-13(18)5-3-12/h2-7,10-11,14H,8-9H2,1H3. The summed E-state index contributed by atoms with van der Waals surface area (Å²) in [6.45, 7) is -0.0794. The Morgan fingerprint density at radius 2 is 1.96 bits per heavy atom. The van der Waals surface area contributed by atoms with Gasteiger partial charge in [0, 0.05) is 24.3 Å². The molecule has 3 aromatic rings. The van der Waals surface area contributed by atoms with Gasteiger partial charge in [0.2, 0.25) is 0 Å². The maximum absolute atomic E-state index is 12.4. The van der Waals surface area contributed by atoms with Crippen molar-refractivity contribution in [1.82, 2.24) is 23.9 Å². The van der Waals surface area contributed by atoms with Crippen LogP contribution in [0.15, 0.2) is 58.8 Å². The topological polar surface area (TPSA) is 101 Å². The van der Waals surface area contributed by atoms with Crippen LogP contribution >= 0.6 is 11.6 Å². The molecular formula is C17H16ClN5O4. The molecule has 0 aliphatic carbocycles. The molecule has 10 heteroatoms. The highest BCUT2D eigenvalue weighted by molar-refractivity contribution is 6.30. The van der Waals surface area contributed by atoms with E-state index in [1.807, 2.05) is 0 Å². The fraction of sp³-hybridized carbons (Fsp3) is 0.235. The fourth-order valence-electron chi connectivity index (χ4n) is 2.46. The minimum Gasteiger partial charge on any atom is -0.454 e. The predicted octanol–water partition coefficient (Wildman–Crippen LogP) is 0.777. The number of hydrogen-bond acceptors (Lipinski definition) is 6. The molecule has 0 saturated carbocycles. The van der Waals surface area contributed by atoms with Crippen molar-refractivity contribution in [2.24, 2.45) is 7.05 Å². The summed E-state index contributed by atoms with van der Waals surface area (Å²) in [5.41, 5.74) is -0.329. The van der Waals surface area contributed by atoms with E-state index in [1.165, 1.54) is 36.6 Å². The van der Waals surface area contributed by atoms with E-state index in [4.69, 9.17) is 16.3 Å². The predicted molar refractivity (Wildman–Crippen MR) is 96.3 cm³/mol. The lowest BCUT2D eigenvalue weighted by molar-refractivity contribution is -0.151. The summed E-state index contributed by atoms with van der Waals surface area (Å²) in [6.07, 6.45) is 3.50. The van der Waals surface area contributed by atoms with Crippen molar-refractivity contribution in [3.8, 4) is 0 Å². The third-order valence-corrected chi connectivity index (χ3v) is 4.15. The Kier molecular flexibility index (Phi) is 5.51. The lowest BCUT2D eigenvalue weighted by atomic mass is 10.1. The zero-order valence-electron chi connectivity index (χ0n) is 14.4. The van der Waals surface area contributed by atoms with Crippen LogP contribution < -0.4 is 11.2 Å². The van der Waals surface area contributed by atoms with Crippen molar-refractivity contribution in [2.75, 3.05) is 0 Å². The highest BCUT2D eigenvalue weighted by Crippen LogP contribution is 2.22. The molecule has 0 N–H and O–H groups in total. The molecule has 1 unspecified atom stereocenters. The molecule has 9 nitrogen and oxygen atoms in total. The van der Waals surface area contributed by atoms with Crippen molar-refractivity contribution >= 4 is 17.6 Å². The number of nitrogens with zero attached hydrogens (tertiary/aromatic N) is 5. The molecule has 1 aromatic carbocycles. The highest BCUT2D eigenvalue weighted by Gasteiger charge is 2.19. The summed E-state index contributed by atoms with van der Waals surface area (Å²) in [4.78, 5) is 39.8. The molecule has 140 valence electrons. The molecule has 1 atom stereocenters. The summed E-state index contributed by atoms with van der Waals surface area (Å²) in [5.74, 6) is -0.629. The third kappa shape index (κ3) is 4.50. The van der Waals surface area contributed by atoms with Crippen LogP contribution in [-0.4, -0.2) is 29.9 Å². The van der Waals surface area contributed by atoms with E-state index in [9.17, 15) is 14.4 Å². The van der Waals surface area contributed by atoms with E-state index < -0.39 is 23.3 Å². The van der Waals surface area contributed by atoms with Gasteiger partial charge < -0.3 is 4.74 Å². The molecule has 0 bridgehead atoms. The van der Waals surface area contributed by atoms with Crippen LogP contribution in [-0.2, 0) is 29.7 Å². The average molecular weight is 390 g/mol. The molecule has 3 rings (SSSR count). The smallest absolute Gasteiger partial charge is 0.331 e. The molecule has 0 radical (unpaired) electrons. The van der Waals surface area contributed by atoms with Crippen LogP contribution in [0, 0.1) is 0 Å². The Bertz CT molecular complexity index is 1040. The number of carbonyl (C=O) groups excluding carboxylic acids is 1. The SMILES string of the molecule is Cn1c(=O)ccn(CC(=O)OC(Cn2cncn2)c2ccc(Cl)cc2)c1=O. The van der Waals surface area contributed by atoms with Crippen molar-refractivity contribution in [2.45, 2.75) is 19.2 Å². The fourth-order valence-corrected chi connectivity index (χ4v) is 2.58. The van der Waals surface area contributed by atoms with Gasteiger partial charge in [0.15, 0.2) is 0 Å². The number of esters is 1. The van der Waals surface area contributed by atoms with Gasteiger partial charge in [0.25, 0.3) is 5.56 Å². The average Bonchev–Trinajstić information content (AvgIpc) is 3.15. The first kappa shape index (κ1) is 18.6. The van der Waals surface area contributed by atoms with E-state index in [-0.39, 0.29) is 13.1 Å². The summed E-state index contributed by atoms with van der Waals surface area (Å²) in [7, 11) is 1.34. The zero-order chi connectivity index (χ0) is 19.4. The van der Waals surface area contributed by atoms with Gasteiger partial charge in [-0.1, -0.05) is 23.7 Å². The van der Waals surface area contributed by atoms with Gasteiger partial charge in [0.1, 0.15) is 25.3 Å². The Morgan fingerprint density at radius 1 is 1.22 bits per heavy atom. The van der Waals surface area contributed by atoms with Crippen LogP contribution in [0.25, 0.3) is 0 Å². The maximum Gasteiger partial charge on any atom is 0.331 e. The summed E-state index contributed by atoms with van der Waals surface area (Å²) in [6, 6.07) is 8.08. The van der Waals surface area contributed by atoms with Crippen LogP contribution in [0.1, 0.15) is 11.7 Å². The van der Waals surface area contributed by atoms with E-state index in [1.54, 1.807) is 24.3 Å². The number of aromatic nitrogens is 5. The Morgan fingerprint density at radius 3 is 2.63 bits per heavy atom. The molecule has 0 fully saturated rings. The van der Waals surface area contributed by atoms with Gasteiger partial charge in [-0.05, 0) is 17.7 Å². The number of carbonyl (C=O) groups is 1. The van der Waals surface area contributed by atoms with Gasteiger partial charge in [-0.25, -0.2) is 14.5 Å². The molecule has 0 aliphatic rings. The van der Waals surface area contributed by atoms with Crippen molar-refractivity contribution in [3.63, 3.8) is 0 Å². The van der Waals surface area contributed by atoms with E-state index in [0.29, 0.717) is 5.02 Å². The van der Waals surface area contributed by atoms with Crippen LogP contribution in [0.4, 0.5) is 0 Å². The minimum absolute atomic E-state index is 0.246. The van der Waals surface area contributed by atoms with Gasteiger partial charge >= 0.3 is 11.7 Å². The molecule has 0 spiro atoms. The van der Waals surface area contributed by atoms with E-state index in [0.717, 1.165) is 14.7 Å². The second kappa shape index (κ2) is 8.00. The normalized spacial score (nSPS) is 11.9. The van der Waals surface area contributed by atoms with Gasteiger partial charge in [-0.15, -0.1) is 0 Å². The van der Waals surface area contributed by atoms with Crippen LogP contribution in [0.2, 0.25) is 5.02 Å². The number of benzene rings is 1. The quantitative estimate of drug-likeness (QED) is 0.577. The highest BCUT2D eigenvalue weighted by atomic mass is 35.5. The Hall–Kier alpha value is -3.20. The molecule has 0 aliphatic heterocycles. The third-order valence-electron chi connectivity index (χ3n) is 3.89. The number of hydrogen-bond donors (Lipinski definition) is 0. The first-order valence-corrected chi connectivity index (χ1v) is 8.35. The van der Waals surface area contributed by atoms with E-state index >= 15 is 0 Å². The van der Waals surface area contributed by atoms with Crippen molar-refractivity contribution in [1.29, 1.82) is 0 Å². The number of ether oxygens (including phenoxy) is 1. The lowest BCUT2D eigenvalue weighted by Crippen LogP contribution is -2.38. The molecular weight excluding hydrogens is 374 g/mol. The summed E-state index contributed by atoms with van der Waals surface area (Å²) < 4.78 is 9.12. The van der Waals surface area contributed by atoms with Crippen molar-refractivity contribution < 1.29 is 9.53 Å². The lowest BCUT2D eigenvalue weighted by Gasteiger charge is -2.19. The second-order valence-electron chi connectivity index (χ2n) is 5.77. The van der Waals surface area contributed by atoms with Gasteiger partial charge in [-0.2, -0.15) is 5.10 Å². The number of halogens is 1. The molecule has 2 heterocycles. The van der Waals surface area contributed by atoms with Gasteiger partial charge in [-0.3, -0.25) is 18.7 Å². The first-order valence-electron chi connectivity index (χ1n) is 7.98. The Balaban J connectivity index is 1.80. The minimum atomic E-state index is -0.653. The monoisotopic (exact) mass is 389 g/mol. The molecule has 0 amide bonds. The maximum atomic E-state index is 12.4. The first-order chi connectivity index (χ1) is 12.9. The zero-order valence-corrected chi connectivity index (χ0v) is 15.1. The van der Waals surface area contributed by atoms with Gasteiger partial charge in [0.05, 0.1) is 6.54 Å². The molecule has 2 aromatic heterocycles. The Labute approximate surface area is 158 Å². The largest absolute Gasteiger partial charge is 0.454 e. The van der Waals surface area contributed by atoms with Crippen LogP contribution in [0.3, 0.4) is 0 Å². The van der Waals surface area contributed by atoms with Crippen LogP contribution in [0.5, 0.6) is 0 Å². The molecule has 0 saturated heterocycles. The van der Waals surface area contributed by atoms with E-state index in [2.05, 4.69) is 10.1 Å². The van der Waals surface area contributed by atoms with Crippen molar-refractivity contribution in [3.05, 3.63) is 80.6 Å². The molecule has 27 heavy (non-hydrogen) atoms.